The Morgan fingerprint density at radius 1 is 1.40 bits per heavy atom. The molecule has 2 rings (SSSR count). The van der Waals surface area contributed by atoms with Crippen molar-refractivity contribution in [3.8, 4) is 0 Å². The zero-order chi connectivity index (χ0) is 14.5. The normalized spacial score (nSPS) is 19.8. The molecule has 1 aromatic heterocycles. The number of hydrogen-bond donors (Lipinski definition) is 0. The summed E-state index contributed by atoms with van der Waals surface area (Å²) < 4.78 is 5.23. The van der Waals surface area contributed by atoms with Gasteiger partial charge in [-0.2, -0.15) is 0 Å². The highest BCUT2D eigenvalue weighted by Crippen LogP contribution is 2.19. The van der Waals surface area contributed by atoms with Crippen molar-refractivity contribution in [1.29, 1.82) is 0 Å². The minimum atomic E-state index is 0.0561. The number of rotatable bonds is 3. The summed E-state index contributed by atoms with van der Waals surface area (Å²) in [4.78, 5) is 22.9. The van der Waals surface area contributed by atoms with Gasteiger partial charge in [-0.15, -0.1) is 0 Å². The van der Waals surface area contributed by atoms with Crippen LogP contribution in [0.5, 0.6) is 0 Å². The molecule has 0 aromatic carbocycles. The van der Waals surface area contributed by atoms with Crippen LogP contribution in [0.25, 0.3) is 0 Å². The van der Waals surface area contributed by atoms with Crippen LogP contribution in [0.3, 0.4) is 0 Å². The second-order valence-corrected chi connectivity index (χ2v) is 5.46. The number of likely N-dealkylation sites (tertiary alicyclic amines) is 1. The van der Waals surface area contributed by atoms with E-state index < -0.39 is 0 Å². The van der Waals surface area contributed by atoms with Gasteiger partial charge in [0.2, 0.25) is 0 Å². The molecular formula is C15H23N3O2. The van der Waals surface area contributed by atoms with Crippen molar-refractivity contribution in [3.05, 3.63) is 23.3 Å². The van der Waals surface area contributed by atoms with Crippen LogP contribution < -0.4 is 0 Å². The molecule has 1 amide bonds. The molecule has 1 aromatic rings. The smallest absolute Gasteiger partial charge is 0.257 e. The van der Waals surface area contributed by atoms with Gasteiger partial charge in [-0.1, -0.05) is 0 Å². The topological polar surface area (TPSA) is 55.3 Å². The van der Waals surface area contributed by atoms with Gasteiger partial charge >= 0.3 is 0 Å². The van der Waals surface area contributed by atoms with Crippen molar-refractivity contribution in [1.82, 2.24) is 14.9 Å². The van der Waals surface area contributed by atoms with Crippen molar-refractivity contribution in [2.75, 3.05) is 26.8 Å². The van der Waals surface area contributed by atoms with Crippen LogP contribution in [0.15, 0.2) is 6.20 Å². The summed E-state index contributed by atoms with van der Waals surface area (Å²) in [6.07, 6.45) is 4.81. The molecule has 20 heavy (non-hydrogen) atoms. The Morgan fingerprint density at radius 2 is 2.20 bits per heavy atom. The first-order valence-corrected chi connectivity index (χ1v) is 7.20. The quantitative estimate of drug-likeness (QED) is 0.847. The number of hydrogen-bond acceptors (Lipinski definition) is 4. The second kappa shape index (κ2) is 6.79. The van der Waals surface area contributed by atoms with Crippen LogP contribution in [-0.4, -0.2) is 47.6 Å². The number of ether oxygens (including phenoxy) is 1. The number of methoxy groups -OCH3 is 1. The maximum Gasteiger partial charge on any atom is 0.257 e. The Morgan fingerprint density at radius 3 is 2.90 bits per heavy atom. The maximum atomic E-state index is 12.6. The van der Waals surface area contributed by atoms with E-state index in [1.54, 1.807) is 13.3 Å². The number of carbonyl (C=O) groups excluding carboxylic acids is 1. The van der Waals surface area contributed by atoms with Gasteiger partial charge in [-0.05, 0) is 39.0 Å². The largest absolute Gasteiger partial charge is 0.384 e. The SMILES string of the molecule is COCC1CCCN(C(=O)c2cnc(C)nc2C)CC1. The highest BCUT2D eigenvalue weighted by atomic mass is 16.5. The third-order valence-corrected chi connectivity index (χ3v) is 3.87. The predicted molar refractivity (Wildman–Crippen MR) is 76.6 cm³/mol. The first kappa shape index (κ1) is 14.9. The minimum Gasteiger partial charge on any atom is -0.384 e. The maximum absolute atomic E-state index is 12.6. The Labute approximate surface area is 120 Å². The van der Waals surface area contributed by atoms with Gasteiger partial charge in [-0.3, -0.25) is 4.79 Å². The Balaban J connectivity index is 2.05. The molecule has 1 aliphatic rings. The molecular weight excluding hydrogens is 254 g/mol. The van der Waals surface area contributed by atoms with Gasteiger partial charge in [-0.25, -0.2) is 9.97 Å². The molecule has 5 nitrogen and oxygen atoms in total. The number of carbonyl (C=O) groups is 1. The van der Waals surface area contributed by atoms with Crippen molar-refractivity contribution in [2.45, 2.75) is 33.1 Å². The third-order valence-electron chi connectivity index (χ3n) is 3.87. The number of amides is 1. The molecule has 1 saturated heterocycles. The molecule has 1 aliphatic heterocycles. The van der Waals surface area contributed by atoms with Crippen LogP contribution in [0.1, 0.15) is 41.1 Å². The van der Waals surface area contributed by atoms with E-state index in [-0.39, 0.29) is 5.91 Å². The van der Waals surface area contributed by atoms with Crippen LogP contribution in [0, 0.1) is 19.8 Å². The molecule has 0 bridgehead atoms. The lowest BCUT2D eigenvalue weighted by Gasteiger charge is -2.21. The van der Waals surface area contributed by atoms with Gasteiger partial charge in [0.25, 0.3) is 5.91 Å². The first-order chi connectivity index (χ1) is 9.61. The predicted octanol–water partition coefficient (Wildman–Crippen LogP) is 1.98. The van der Waals surface area contributed by atoms with E-state index >= 15 is 0 Å². The van der Waals surface area contributed by atoms with Gasteiger partial charge in [0.15, 0.2) is 0 Å². The lowest BCUT2D eigenvalue weighted by Crippen LogP contribution is -2.33. The zero-order valence-electron chi connectivity index (χ0n) is 12.6. The van der Waals surface area contributed by atoms with Gasteiger partial charge in [0.1, 0.15) is 5.82 Å². The summed E-state index contributed by atoms with van der Waals surface area (Å²) in [5.74, 6) is 1.32. The molecule has 0 radical (unpaired) electrons. The highest BCUT2D eigenvalue weighted by molar-refractivity contribution is 5.94. The fraction of sp³-hybridized carbons (Fsp3) is 0.667. The molecule has 0 N–H and O–H groups in total. The van der Waals surface area contributed by atoms with Crippen LogP contribution in [-0.2, 0) is 4.74 Å². The van der Waals surface area contributed by atoms with E-state index in [0.717, 1.165) is 44.7 Å². The lowest BCUT2D eigenvalue weighted by molar-refractivity contribution is 0.0754. The van der Waals surface area contributed by atoms with Crippen molar-refractivity contribution in [3.63, 3.8) is 0 Å². The summed E-state index contributed by atoms with van der Waals surface area (Å²) in [6.45, 7) is 6.09. The molecule has 0 aliphatic carbocycles. The summed E-state index contributed by atoms with van der Waals surface area (Å²) in [5.41, 5.74) is 1.39. The summed E-state index contributed by atoms with van der Waals surface area (Å²) >= 11 is 0. The number of aromatic nitrogens is 2. The van der Waals surface area contributed by atoms with E-state index in [0.29, 0.717) is 17.3 Å². The molecule has 5 heteroatoms. The first-order valence-electron chi connectivity index (χ1n) is 7.20. The fourth-order valence-electron chi connectivity index (χ4n) is 2.73. The Hall–Kier alpha value is -1.49. The number of nitrogens with zero attached hydrogens (tertiary/aromatic N) is 3. The molecule has 1 atom stereocenters. The molecule has 0 saturated carbocycles. The third kappa shape index (κ3) is 3.54. The van der Waals surface area contributed by atoms with Crippen LogP contribution in [0.2, 0.25) is 0 Å². The molecule has 1 unspecified atom stereocenters. The summed E-state index contributed by atoms with van der Waals surface area (Å²) in [5, 5.41) is 0. The fourth-order valence-corrected chi connectivity index (χ4v) is 2.73. The summed E-state index contributed by atoms with van der Waals surface area (Å²) in [6, 6.07) is 0. The molecule has 1 fully saturated rings. The second-order valence-electron chi connectivity index (χ2n) is 5.46. The molecule has 0 spiro atoms. The van der Waals surface area contributed by atoms with E-state index in [4.69, 9.17) is 4.74 Å². The van der Waals surface area contributed by atoms with Crippen LogP contribution in [0.4, 0.5) is 0 Å². The van der Waals surface area contributed by atoms with E-state index in [9.17, 15) is 4.79 Å². The van der Waals surface area contributed by atoms with Crippen molar-refractivity contribution < 1.29 is 9.53 Å². The van der Waals surface area contributed by atoms with E-state index in [1.165, 1.54) is 0 Å². The van der Waals surface area contributed by atoms with E-state index in [2.05, 4.69) is 9.97 Å². The molecule has 2 heterocycles. The van der Waals surface area contributed by atoms with Gasteiger partial charge in [0.05, 0.1) is 11.3 Å². The lowest BCUT2D eigenvalue weighted by atomic mass is 10.0. The monoisotopic (exact) mass is 277 g/mol. The Kier molecular flexibility index (Phi) is 5.06. The van der Waals surface area contributed by atoms with E-state index in [1.807, 2.05) is 18.7 Å². The average Bonchev–Trinajstić information content (AvgIpc) is 2.64. The van der Waals surface area contributed by atoms with Crippen LogP contribution >= 0.6 is 0 Å². The summed E-state index contributed by atoms with van der Waals surface area (Å²) in [7, 11) is 1.74. The van der Waals surface area contributed by atoms with Crippen molar-refractivity contribution in [2.24, 2.45) is 5.92 Å². The van der Waals surface area contributed by atoms with Gasteiger partial charge < -0.3 is 9.64 Å². The average molecular weight is 277 g/mol. The highest BCUT2D eigenvalue weighted by Gasteiger charge is 2.23. The zero-order valence-corrected chi connectivity index (χ0v) is 12.6. The standard InChI is InChI=1S/C15H23N3O2/c1-11-14(9-16-12(2)17-11)15(19)18-7-4-5-13(6-8-18)10-20-3/h9,13H,4-8,10H2,1-3H3. The molecule has 110 valence electrons. The number of aryl methyl sites for hydroxylation is 2. The van der Waals surface area contributed by atoms with Crippen molar-refractivity contribution >= 4 is 5.91 Å². The minimum absolute atomic E-state index is 0.0561. The Bertz CT molecular complexity index is 476. The van der Waals surface area contributed by atoms with Gasteiger partial charge in [0, 0.05) is 33.0 Å².